The maximum absolute atomic E-state index is 9.78. The molecule has 0 heterocycles. The molecule has 0 aliphatic carbocycles. The smallest absolute Gasteiger partial charge is 0.264 e. The Balaban J connectivity index is 0. The van der Waals surface area contributed by atoms with E-state index in [1.54, 1.807) is 0 Å². The van der Waals surface area contributed by atoms with Crippen LogP contribution in [-0.4, -0.2) is 46.3 Å². The lowest BCUT2D eigenvalue weighted by Crippen LogP contribution is -2.21. The summed E-state index contributed by atoms with van der Waals surface area (Å²) in [6, 6.07) is 0. The molecular formula is C8H21NO3S. The van der Waals surface area contributed by atoms with Gasteiger partial charge in [0, 0.05) is 0 Å². The quantitative estimate of drug-likeness (QED) is 0.649. The van der Waals surface area contributed by atoms with Gasteiger partial charge in [0.25, 0.3) is 10.1 Å². The van der Waals surface area contributed by atoms with Gasteiger partial charge in [-0.2, -0.15) is 8.42 Å². The molecule has 0 radical (unpaired) electrons. The fraction of sp³-hybridized carbons (Fsp3) is 1.00. The van der Waals surface area contributed by atoms with Gasteiger partial charge in [0.05, 0.1) is 13.4 Å². The minimum absolute atomic E-state index is 0.993. The van der Waals surface area contributed by atoms with E-state index in [1.807, 2.05) is 0 Å². The van der Waals surface area contributed by atoms with Gasteiger partial charge < -0.3 is 4.90 Å². The SMILES string of the molecule is CCN(CC)CC.COS(C)(=O)=O. The van der Waals surface area contributed by atoms with Crippen molar-refractivity contribution in [3.05, 3.63) is 0 Å². The summed E-state index contributed by atoms with van der Waals surface area (Å²) in [7, 11) is -2.04. The van der Waals surface area contributed by atoms with Gasteiger partial charge in [-0.3, -0.25) is 4.18 Å². The molecule has 0 rings (SSSR count). The van der Waals surface area contributed by atoms with Crippen molar-refractivity contribution in [3.63, 3.8) is 0 Å². The molecule has 0 amide bonds. The van der Waals surface area contributed by atoms with Crippen molar-refractivity contribution in [2.75, 3.05) is 33.0 Å². The lowest BCUT2D eigenvalue weighted by Gasteiger charge is -2.13. The van der Waals surface area contributed by atoms with Crippen LogP contribution in [0, 0.1) is 0 Å². The Hall–Kier alpha value is -0.130. The summed E-state index contributed by atoms with van der Waals surface area (Å²) in [4.78, 5) is 2.38. The second-order valence-electron chi connectivity index (χ2n) is 2.49. The van der Waals surface area contributed by atoms with Crippen molar-refractivity contribution < 1.29 is 12.6 Å². The summed E-state index contributed by atoms with van der Waals surface area (Å²) < 4.78 is 23.5. The van der Waals surface area contributed by atoms with Gasteiger partial charge in [-0.25, -0.2) is 0 Å². The summed E-state index contributed by atoms with van der Waals surface area (Å²) in [6.07, 6.45) is 0.993. The van der Waals surface area contributed by atoms with E-state index in [-0.39, 0.29) is 0 Å². The monoisotopic (exact) mass is 211 g/mol. The number of rotatable bonds is 4. The topological polar surface area (TPSA) is 46.6 Å². The molecule has 0 aliphatic heterocycles. The number of hydrogen-bond acceptors (Lipinski definition) is 4. The average Bonchev–Trinajstić information content (AvgIpc) is 2.07. The van der Waals surface area contributed by atoms with Crippen molar-refractivity contribution >= 4 is 10.1 Å². The lowest BCUT2D eigenvalue weighted by molar-refractivity contribution is 0.321. The summed E-state index contributed by atoms with van der Waals surface area (Å²) in [5, 5.41) is 0. The molecule has 0 unspecified atom stereocenters. The molecule has 0 spiro atoms. The van der Waals surface area contributed by atoms with Crippen LogP contribution in [-0.2, 0) is 14.3 Å². The van der Waals surface area contributed by atoms with Crippen LogP contribution in [0.4, 0.5) is 0 Å². The third kappa shape index (κ3) is 14.7. The third-order valence-electron chi connectivity index (χ3n) is 1.64. The molecule has 0 fully saturated rings. The standard InChI is InChI=1S/C6H15N.C2H6O3S/c1-4-7(5-2)6-3;1-5-6(2,3)4/h4-6H2,1-3H3;1-2H3. The Morgan fingerprint density at radius 2 is 1.31 bits per heavy atom. The van der Waals surface area contributed by atoms with Gasteiger partial charge in [0.1, 0.15) is 0 Å². The van der Waals surface area contributed by atoms with Gasteiger partial charge in [-0.1, -0.05) is 20.8 Å². The predicted molar refractivity (Wildman–Crippen MR) is 55.3 cm³/mol. The molecule has 13 heavy (non-hydrogen) atoms. The van der Waals surface area contributed by atoms with Gasteiger partial charge in [0.2, 0.25) is 0 Å². The van der Waals surface area contributed by atoms with Gasteiger partial charge in [-0.15, -0.1) is 0 Å². The Bertz CT molecular complexity index is 180. The average molecular weight is 211 g/mol. The van der Waals surface area contributed by atoms with Crippen LogP contribution in [0.2, 0.25) is 0 Å². The first-order chi connectivity index (χ1) is 5.91. The van der Waals surface area contributed by atoms with E-state index in [0.717, 1.165) is 13.4 Å². The molecule has 82 valence electrons. The van der Waals surface area contributed by atoms with E-state index in [1.165, 1.54) is 19.6 Å². The first-order valence-electron chi connectivity index (χ1n) is 4.39. The normalized spacial score (nSPS) is 10.9. The Morgan fingerprint density at radius 1 is 1.08 bits per heavy atom. The zero-order chi connectivity index (χ0) is 10.9. The first kappa shape index (κ1) is 15.3. The minimum Gasteiger partial charge on any atom is -0.304 e. The lowest BCUT2D eigenvalue weighted by atomic mass is 10.5. The zero-order valence-electron chi connectivity index (χ0n) is 9.20. The zero-order valence-corrected chi connectivity index (χ0v) is 10.0. The van der Waals surface area contributed by atoms with Gasteiger partial charge >= 0.3 is 0 Å². The predicted octanol–water partition coefficient (Wildman–Crippen LogP) is 0.940. The second-order valence-corrected chi connectivity index (χ2v) is 4.23. The fourth-order valence-electron chi connectivity index (χ4n) is 0.671. The molecule has 0 saturated carbocycles. The summed E-state index contributed by atoms with van der Waals surface area (Å²) in [5.74, 6) is 0. The fourth-order valence-corrected chi connectivity index (χ4v) is 0.671. The highest BCUT2D eigenvalue weighted by atomic mass is 32.2. The maximum Gasteiger partial charge on any atom is 0.264 e. The Morgan fingerprint density at radius 3 is 1.31 bits per heavy atom. The van der Waals surface area contributed by atoms with Crippen LogP contribution in [0.3, 0.4) is 0 Å². The van der Waals surface area contributed by atoms with Crippen LogP contribution in [0.1, 0.15) is 20.8 Å². The van der Waals surface area contributed by atoms with Crippen LogP contribution in [0.5, 0.6) is 0 Å². The Labute approximate surface area is 82.0 Å². The van der Waals surface area contributed by atoms with Gasteiger partial charge in [-0.05, 0) is 19.6 Å². The Kier molecular flexibility index (Phi) is 10.00. The summed E-state index contributed by atoms with van der Waals surface area (Å²) in [5.41, 5.74) is 0. The number of hydrogen-bond donors (Lipinski definition) is 0. The molecule has 0 atom stereocenters. The van der Waals surface area contributed by atoms with Crippen molar-refractivity contribution in [3.8, 4) is 0 Å². The molecule has 0 aromatic carbocycles. The van der Waals surface area contributed by atoms with E-state index < -0.39 is 10.1 Å². The highest BCUT2D eigenvalue weighted by Crippen LogP contribution is 1.81. The van der Waals surface area contributed by atoms with Crippen LogP contribution in [0.15, 0.2) is 0 Å². The van der Waals surface area contributed by atoms with E-state index in [4.69, 9.17) is 0 Å². The van der Waals surface area contributed by atoms with E-state index in [2.05, 4.69) is 29.9 Å². The molecule has 5 heteroatoms. The van der Waals surface area contributed by atoms with E-state index in [0.29, 0.717) is 0 Å². The highest BCUT2D eigenvalue weighted by molar-refractivity contribution is 7.85. The summed E-state index contributed by atoms with van der Waals surface area (Å²) in [6.45, 7) is 10.1. The largest absolute Gasteiger partial charge is 0.304 e. The van der Waals surface area contributed by atoms with E-state index in [9.17, 15) is 8.42 Å². The van der Waals surface area contributed by atoms with Crippen LogP contribution >= 0.6 is 0 Å². The van der Waals surface area contributed by atoms with Gasteiger partial charge in [0.15, 0.2) is 0 Å². The molecule has 0 bridgehead atoms. The molecule has 4 nitrogen and oxygen atoms in total. The van der Waals surface area contributed by atoms with Crippen molar-refractivity contribution in [2.45, 2.75) is 20.8 Å². The van der Waals surface area contributed by atoms with Crippen LogP contribution < -0.4 is 0 Å². The number of nitrogens with zero attached hydrogens (tertiary/aromatic N) is 1. The molecule has 0 saturated heterocycles. The van der Waals surface area contributed by atoms with Crippen molar-refractivity contribution in [2.24, 2.45) is 0 Å². The maximum atomic E-state index is 9.78. The van der Waals surface area contributed by atoms with E-state index >= 15 is 0 Å². The van der Waals surface area contributed by atoms with Crippen molar-refractivity contribution in [1.82, 2.24) is 4.90 Å². The molecular weight excluding hydrogens is 190 g/mol. The molecule has 0 N–H and O–H groups in total. The molecule has 0 aromatic heterocycles. The second kappa shape index (κ2) is 8.47. The van der Waals surface area contributed by atoms with Crippen molar-refractivity contribution in [1.29, 1.82) is 0 Å². The van der Waals surface area contributed by atoms with Crippen LogP contribution in [0.25, 0.3) is 0 Å². The third-order valence-corrected chi connectivity index (χ3v) is 2.25. The molecule has 0 aliphatic rings. The highest BCUT2D eigenvalue weighted by Gasteiger charge is 1.90. The molecule has 0 aromatic rings. The minimum atomic E-state index is -3.16. The first-order valence-corrected chi connectivity index (χ1v) is 6.20. The summed E-state index contributed by atoms with van der Waals surface area (Å²) >= 11 is 0.